The quantitative estimate of drug-likeness (QED) is 0.726. The Bertz CT molecular complexity index is 253. The fraction of sp³-hybridized carbons (Fsp3) is 0.500. The average molecular weight is 187 g/mol. The standard InChI is InChI=1S/C8H11ClN2O/c1-6(2)5-12-8-4-10-3-7(9)11-8/h3-4,6H,5H2,1-2H3. The highest BCUT2D eigenvalue weighted by Crippen LogP contribution is 2.09. The Balaban J connectivity index is 2.52. The summed E-state index contributed by atoms with van der Waals surface area (Å²) in [7, 11) is 0. The van der Waals surface area contributed by atoms with Crippen molar-refractivity contribution in [2.24, 2.45) is 5.92 Å². The van der Waals surface area contributed by atoms with Gasteiger partial charge >= 0.3 is 0 Å². The van der Waals surface area contributed by atoms with E-state index in [1.54, 1.807) is 6.20 Å². The van der Waals surface area contributed by atoms with Crippen LogP contribution in [0.2, 0.25) is 5.15 Å². The molecule has 0 unspecified atom stereocenters. The highest BCUT2D eigenvalue weighted by molar-refractivity contribution is 6.29. The minimum atomic E-state index is 0.358. The van der Waals surface area contributed by atoms with Crippen LogP contribution in [0.4, 0.5) is 0 Å². The fourth-order valence-corrected chi connectivity index (χ4v) is 0.787. The molecule has 1 rings (SSSR count). The van der Waals surface area contributed by atoms with E-state index in [1.165, 1.54) is 6.20 Å². The average Bonchev–Trinajstić information content (AvgIpc) is 2.01. The second-order valence-corrected chi connectivity index (χ2v) is 3.27. The first-order chi connectivity index (χ1) is 5.68. The number of hydrogen-bond donors (Lipinski definition) is 0. The van der Waals surface area contributed by atoms with Crippen molar-refractivity contribution >= 4 is 11.6 Å². The maximum absolute atomic E-state index is 5.61. The lowest BCUT2D eigenvalue weighted by Crippen LogP contribution is -2.05. The van der Waals surface area contributed by atoms with E-state index in [1.807, 2.05) is 0 Å². The van der Waals surface area contributed by atoms with Crippen LogP contribution in [-0.4, -0.2) is 16.6 Å². The van der Waals surface area contributed by atoms with Crippen LogP contribution in [0.15, 0.2) is 12.4 Å². The van der Waals surface area contributed by atoms with Crippen LogP contribution in [0.3, 0.4) is 0 Å². The molecule has 0 bridgehead atoms. The predicted octanol–water partition coefficient (Wildman–Crippen LogP) is 2.16. The Morgan fingerprint density at radius 2 is 2.25 bits per heavy atom. The van der Waals surface area contributed by atoms with Gasteiger partial charge in [0.25, 0.3) is 0 Å². The van der Waals surface area contributed by atoms with Crippen LogP contribution in [0.1, 0.15) is 13.8 Å². The second-order valence-electron chi connectivity index (χ2n) is 2.88. The third-order valence-electron chi connectivity index (χ3n) is 1.15. The van der Waals surface area contributed by atoms with Gasteiger partial charge in [0.05, 0.1) is 19.0 Å². The maximum Gasteiger partial charge on any atom is 0.233 e. The van der Waals surface area contributed by atoms with E-state index >= 15 is 0 Å². The van der Waals surface area contributed by atoms with Gasteiger partial charge in [-0.3, -0.25) is 4.98 Å². The van der Waals surface area contributed by atoms with Gasteiger partial charge in [0, 0.05) is 0 Å². The first-order valence-corrected chi connectivity index (χ1v) is 4.16. The summed E-state index contributed by atoms with van der Waals surface area (Å²) in [4.78, 5) is 7.77. The van der Waals surface area contributed by atoms with E-state index < -0.39 is 0 Å². The van der Waals surface area contributed by atoms with Crippen molar-refractivity contribution in [1.82, 2.24) is 9.97 Å². The molecule has 1 aromatic heterocycles. The van der Waals surface area contributed by atoms with Crippen LogP contribution < -0.4 is 4.74 Å². The smallest absolute Gasteiger partial charge is 0.233 e. The van der Waals surface area contributed by atoms with Crippen LogP contribution >= 0.6 is 11.6 Å². The van der Waals surface area contributed by atoms with Crippen molar-refractivity contribution in [3.63, 3.8) is 0 Å². The Morgan fingerprint density at radius 1 is 1.50 bits per heavy atom. The zero-order valence-electron chi connectivity index (χ0n) is 7.12. The molecule has 66 valence electrons. The van der Waals surface area contributed by atoms with Gasteiger partial charge in [0.1, 0.15) is 0 Å². The molecule has 0 aliphatic carbocycles. The third kappa shape index (κ3) is 3.05. The molecule has 4 heteroatoms. The molecular formula is C8H11ClN2O. The summed E-state index contributed by atoms with van der Waals surface area (Å²) in [5.41, 5.74) is 0. The highest BCUT2D eigenvalue weighted by atomic mass is 35.5. The van der Waals surface area contributed by atoms with E-state index in [0.29, 0.717) is 23.6 Å². The van der Waals surface area contributed by atoms with E-state index in [9.17, 15) is 0 Å². The summed E-state index contributed by atoms with van der Waals surface area (Å²) >= 11 is 5.61. The molecule has 0 saturated carbocycles. The molecule has 0 amide bonds. The second kappa shape index (κ2) is 4.26. The van der Waals surface area contributed by atoms with E-state index in [0.717, 1.165) is 0 Å². The topological polar surface area (TPSA) is 35.0 Å². The molecule has 3 nitrogen and oxygen atoms in total. The minimum absolute atomic E-state index is 0.358. The Labute approximate surface area is 76.7 Å². The summed E-state index contributed by atoms with van der Waals surface area (Å²) in [6, 6.07) is 0. The molecule has 0 spiro atoms. The van der Waals surface area contributed by atoms with Crippen molar-refractivity contribution in [2.45, 2.75) is 13.8 Å². The highest BCUT2D eigenvalue weighted by Gasteiger charge is 1.98. The van der Waals surface area contributed by atoms with Crippen molar-refractivity contribution < 1.29 is 4.74 Å². The van der Waals surface area contributed by atoms with Crippen molar-refractivity contribution in [3.8, 4) is 5.88 Å². The number of halogens is 1. The SMILES string of the molecule is CC(C)COc1cncc(Cl)n1. The molecule has 0 aliphatic rings. The maximum atomic E-state index is 5.61. The first-order valence-electron chi connectivity index (χ1n) is 3.79. The van der Waals surface area contributed by atoms with Gasteiger partial charge in [-0.25, -0.2) is 0 Å². The molecular weight excluding hydrogens is 176 g/mol. The summed E-state index contributed by atoms with van der Waals surface area (Å²) in [6.07, 6.45) is 3.03. The molecule has 1 aromatic rings. The lowest BCUT2D eigenvalue weighted by Gasteiger charge is -2.06. The van der Waals surface area contributed by atoms with Crippen LogP contribution in [0.25, 0.3) is 0 Å². The number of nitrogens with zero attached hydrogens (tertiary/aromatic N) is 2. The minimum Gasteiger partial charge on any atom is -0.476 e. The van der Waals surface area contributed by atoms with Gasteiger partial charge in [-0.1, -0.05) is 25.4 Å². The molecule has 0 radical (unpaired) electrons. The largest absolute Gasteiger partial charge is 0.476 e. The van der Waals surface area contributed by atoms with Crippen molar-refractivity contribution in [1.29, 1.82) is 0 Å². The lowest BCUT2D eigenvalue weighted by molar-refractivity contribution is 0.260. The molecule has 0 N–H and O–H groups in total. The summed E-state index contributed by atoms with van der Waals surface area (Å²) in [5.74, 6) is 0.960. The molecule has 0 aromatic carbocycles. The van der Waals surface area contributed by atoms with Crippen molar-refractivity contribution in [3.05, 3.63) is 17.5 Å². The fourth-order valence-electron chi connectivity index (χ4n) is 0.647. The Kier molecular flexibility index (Phi) is 3.29. The van der Waals surface area contributed by atoms with Gasteiger partial charge in [-0.2, -0.15) is 4.98 Å². The summed E-state index contributed by atoms with van der Waals surface area (Å²) < 4.78 is 5.29. The van der Waals surface area contributed by atoms with Gasteiger partial charge < -0.3 is 4.74 Å². The van der Waals surface area contributed by atoms with E-state index in [4.69, 9.17) is 16.3 Å². The van der Waals surface area contributed by atoms with Crippen LogP contribution in [0, 0.1) is 5.92 Å². The zero-order valence-corrected chi connectivity index (χ0v) is 7.88. The zero-order chi connectivity index (χ0) is 8.97. The molecule has 0 atom stereocenters. The van der Waals surface area contributed by atoms with Gasteiger partial charge in [0.15, 0.2) is 5.15 Å². The van der Waals surface area contributed by atoms with E-state index in [2.05, 4.69) is 23.8 Å². The van der Waals surface area contributed by atoms with Crippen molar-refractivity contribution in [2.75, 3.05) is 6.61 Å². The lowest BCUT2D eigenvalue weighted by atomic mass is 10.2. The summed E-state index contributed by atoms with van der Waals surface area (Å²) in [6.45, 7) is 4.77. The number of rotatable bonds is 3. The number of hydrogen-bond acceptors (Lipinski definition) is 3. The normalized spacial score (nSPS) is 10.3. The summed E-state index contributed by atoms with van der Waals surface area (Å²) in [5, 5.41) is 0.358. The number of ether oxygens (including phenoxy) is 1. The molecule has 12 heavy (non-hydrogen) atoms. The molecule has 0 fully saturated rings. The van der Waals surface area contributed by atoms with Crippen LogP contribution in [-0.2, 0) is 0 Å². The molecule has 1 heterocycles. The van der Waals surface area contributed by atoms with Gasteiger partial charge in [-0.05, 0) is 5.92 Å². The van der Waals surface area contributed by atoms with E-state index in [-0.39, 0.29) is 0 Å². The molecule has 0 saturated heterocycles. The third-order valence-corrected chi connectivity index (χ3v) is 1.33. The Morgan fingerprint density at radius 3 is 2.83 bits per heavy atom. The first kappa shape index (κ1) is 9.26. The Hall–Kier alpha value is -0.830. The monoisotopic (exact) mass is 186 g/mol. The van der Waals surface area contributed by atoms with Crippen LogP contribution in [0.5, 0.6) is 5.88 Å². The predicted molar refractivity (Wildman–Crippen MR) is 47.4 cm³/mol. The molecule has 0 aliphatic heterocycles. The number of aromatic nitrogens is 2. The van der Waals surface area contributed by atoms with Gasteiger partial charge in [-0.15, -0.1) is 0 Å². The van der Waals surface area contributed by atoms with Gasteiger partial charge in [0.2, 0.25) is 5.88 Å².